The van der Waals surface area contributed by atoms with Crippen molar-refractivity contribution in [3.8, 4) is 0 Å². The first-order chi connectivity index (χ1) is 5.81. The van der Waals surface area contributed by atoms with Crippen LogP contribution in [0.4, 0.5) is 0 Å². The molecule has 0 bridgehead atoms. The van der Waals surface area contributed by atoms with Gasteiger partial charge in [-0.3, -0.25) is 4.79 Å². The first kappa shape index (κ1) is 11.4. The quantitative estimate of drug-likeness (QED) is 0.446. The molecule has 0 aliphatic heterocycles. The predicted octanol–water partition coefficient (Wildman–Crippen LogP) is 2.04. The normalized spacial score (nSPS) is 9.75. The van der Waals surface area contributed by atoms with Crippen molar-refractivity contribution in [1.29, 1.82) is 0 Å². The van der Waals surface area contributed by atoms with E-state index >= 15 is 0 Å². The van der Waals surface area contributed by atoms with Crippen molar-refractivity contribution in [2.75, 3.05) is 6.54 Å². The molecule has 2 N–H and O–H groups in total. The maximum atomic E-state index is 11.0. The Labute approximate surface area is 74.8 Å². The second-order valence-electron chi connectivity index (χ2n) is 2.98. The van der Waals surface area contributed by atoms with Gasteiger partial charge in [0, 0.05) is 12.8 Å². The van der Waals surface area contributed by atoms with Crippen molar-refractivity contribution in [1.82, 2.24) is 0 Å². The smallest absolute Gasteiger partial charge is 0.136 e. The van der Waals surface area contributed by atoms with Gasteiger partial charge in [0.05, 0.1) is 0 Å². The number of carbonyl (C=O) groups excluding carboxylic acids is 1. The van der Waals surface area contributed by atoms with Crippen LogP contribution in [0.3, 0.4) is 0 Å². The van der Waals surface area contributed by atoms with Crippen molar-refractivity contribution in [2.24, 2.45) is 5.73 Å². The Morgan fingerprint density at radius 3 is 2.50 bits per heavy atom. The lowest BCUT2D eigenvalue weighted by Gasteiger charge is -1.98. The average molecular weight is 169 g/mol. The topological polar surface area (TPSA) is 43.1 Å². The van der Waals surface area contributed by atoms with Gasteiger partial charge < -0.3 is 5.73 Å². The summed E-state index contributed by atoms with van der Waals surface area (Å²) in [6.07, 6.45) is 7.26. The standard InChI is InChI=1S/C10H19NO/c1-2-7-10(12)8-5-3-4-6-9-11/h2H,1,3-9,11H2. The molecule has 0 aromatic heterocycles. The first-order valence-corrected chi connectivity index (χ1v) is 4.64. The zero-order valence-electron chi connectivity index (χ0n) is 7.72. The predicted molar refractivity (Wildman–Crippen MR) is 52.0 cm³/mol. The van der Waals surface area contributed by atoms with Crippen LogP contribution in [0, 0.1) is 0 Å². The van der Waals surface area contributed by atoms with Gasteiger partial charge in [-0.2, -0.15) is 0 Å². The maximum Gasteiger partial charge on any atom is 0.136 e. The summed E-state index contributed by atoms with van der Waals surface area (Å²) in [5, 5.41) is 0. The van der Waals surface area contributed by atoms with Crippen molar-refractivity contribution >= 4 is 5.78 Å². The largest absolute Gasteiger partial charge is 0.330 e. The number of unbranched alkanes of at least 4 members (excludes halogenated alkanes) is 3. The molecule has 0 spiro atoms. The molecular weight excluding hydrogens is 150 g/mol. The van der Waals surface area contributed by atoms with E-state index in [2.05, 4.69) is 6.58 Å². The van der Waals surface area contributed by atoms with Gasteiger partial charge in [-0.1, -0.05) is 18.9 Å². The van der Waals surface area contributed by atoms with Gasteiger partial charge in [0.2, 0.25) is 0 Å². The lowest BCUT2D eigenvalue weighted by molar-refractivity contribution is -0.118. The van der Waals surface area contributed by atoms with Crippen molar-refractivity contribution in [2.45, 2.75) is 38.5 Å². The second-order valence-corrected chi connectivity index (χ2v) is 2.98. The SMILES string of the molecule is C=CCC(=O)CCCCCCN. The van der Waals surface area contributed by atoms with E-state index in [1.54, 1.807) is 6.08 Å². The number of ketones is 1. The fraction of sp³-hybridized carbons (Fsp3) is 0.700. The molecule has 70 valence electrons. The van der Waals surface area contributed by atoms with Crippen LogP contribution in [0.25, 0.3) is 0 Å². The highest BCUT2D eigenvalue weighted by Crippen LogP contribution is 2.04. The molecule has 0 unspecified atom stereocenters. The van der Waals surface area contributed by atoms with Crippen molar-refractivity contribution < 1.29 is 4.79 Å². The van der Waals surface area contributed by atoms with Gasteiger partial charge in [-0.25, -0.2) is 0 Å². The molecule has 0 radical (unpaired) electrons. The monoisotopic (exact) mass is 169 g/mol. The van der Waals surface area contributed by atoms with Crippen LogP contribution in [0.5, 0.6) is 0 Å². The van der Waals surface area contributed by atoms with E-state index in [-0.39, 0.29) is 0 Å². The maximum absolute atomic E-state index is 11.0. The van der Waals surface area contributed by atoms with E-state index in [0.717, 1.165) is 32.2 Å². The Hall–Kier alpha value is -0.630. The second kappa shape index (κ2) is 8.47. The first-order valence-electron chi connectivity index (χ1n) is 4.64. The fourth-order valence-electron chi connectivity index (χ4n) is 1.08. The van der Waals surface area contributed by atoms with E-state index in [9.17, 15) is 4.79 Å². The highest BCUT2D eigenvalue weighted by Gasteiger charge is 1.97. The number of hydrogen-bond acceptors (Lipinski definition) is 2. The zero-order chi connectivity index (χ0) is 9.23. The van der Waals surface area contributed by atoms with Crippen LogP contribution < -0.4 is 5.73 Å². The number of carbonyl (C=O) groups is 1. The van der Waals surface area contributed by atoms with Gasteiger partial charge in [-0.15, -0.1) is 6.58 Å². The highest BCUT2D eigenvalue weighted by atomic mass is 16.1. The average Bonchev–Trinajstić information content (AvgIpc) is 2.05. The third-order valence-corrected chi connectivity index (χ3v) is 1.78. The van der Waals surface area contributed by atoms with Gasteiger partial charge in [0.1, 0.15) is 5.78 Å². The van der Waals surface area contributed by atoms with E-state index in [4.69, 9.17) is 5.73 Å². The van der Waals surface area contributed by atoms with E-state index in [1.165, 1.54) is 0 Å². The molecule has 0 aliphatic rings. The molecule has 0 amide bonds. The Morgan fingerprint density at radius 1 is 1.25 bits per heavy atom. The minimum absolute atomic E-state index is 0.303. The van der Waals surface area contributed by atoms with E-state index < -0.39 is 0 Å². The summed E-state index contributed by atoms with van der Waals surface area (Å²) in [7, 11) is 0. The molecule has 0 fully saturated rings. The van der Waals surface area contributed by atoms with Gasteiger partial charge in [-0.05, 0) is 19.4 Å². The number of Topliss-reactive ketones (excluding diaryl/α,β-unsaturated/α-hetero) is 1. The molecule has 2 heteroatoms. The fourth-order valence-corrected chi connectivity index (χ4v) is 1.08. The number of allylic oxidation sites excluding steroid dienone is 1. The van der Waals surface area contributed by atoms with Crippen LogP contribution >= 0.6 is 0 Å². The van der Waals surface area contributed by atoms with Gasteiger partial charge >= 0.3 is 0 Å². The van der Waals surface area contributed by atoms with Gasteiger partial charge in [0.15, 0.2) is 0 Å². The molecule has 12 heavy (non-hydrogen) atoms. The summed E-state index contributed by atoms with van der Waals surface area (Å²) < 4.78 is 0. The van der Waals surface area contributed by atoms with E-state index in [0.29, 0.717) is 18.6 Å². The highest BCUT2D eigenvalue weighted by molar-refractivity contribution is 5.79. The Kier molecular flexibility index (Phi) is 8.02. The molecule has 0 aromatic rings. The summed E-state index contributed by atoms with van der Waals surface area (Å²) >= 11 is 0. The molecular formula is C10H19NO. The lowest BCUT2D eigenvalue weighted by Crippen LogP contribution is -1.99. The summed E-state index contributed by atoms with van der Waals surface area (Å²) in [6.45, 7) is 4.29. The van der Waals surface area contributed by atoms with Crippen LogP contribution in [-0.4, -0.2) is 12.3 Å². The van der Waals surface area contributed by atoms with Gasteiger partial charge in [0.25, 0.3) is 0 Å². The third-order valence-electron chi connectivity index (χ3n) is 1.78. The zero-order valence-corrected chi connectivity index (χ0v) is 7.72. The minimum Gasteiger partial charge on any atom is -0.330 e. The number of rotatable bonds is 8. The third kappa shape index (κ3) is 7.48. The molecule has 0 saturated heterocycles. The summed E-state index contributed by atoms with van der Waals surface area (Å²) in [5.74, 6) is 0.303. The van der Waals surface area contributed by atoms with E-state index in [1.807, 2.05) is 0 Å². The lowest BCUT2D eigenvalue weighted by atomic mass is 10.1. The van der Waals surface area contributed by atoms with Crippen molar-refractivity contribution in [3.05, 3.63) is 12.7 Å². The van der Waals surface area contributed by atoms with Crippen LogP contribution in [0.2, 0.25) is 0 Å². The Bertz CT molecular complexity index is 132. The summed E-state index contributed by atoms with van der Waals surface area (Å²) in [5.41, 5.74) is 5.34. The number of nitrogens with two attached hydrogens (primary N) is 1. The molecule has 2 nitrogen and oxygen atoms in total. The Balaban J connectivity index is 3.08. The van der Waals surface area contributed by atoms with Crippen LogP contribution in [0.1, 0.15) is 38.5 Å². The van der Waals surface area contributed by atoms with Crippen molar-refractivity contribution in [3.63, 3.8) is 0 Å². The Morgan fingerprint density at radius 2 is 1.92 bits per heavy atom. The summed E-state index contributed by atoms with van der Waals surface area (Å²) in [4.78, 5) is 11.0. The molecule has 0 heterocycles. The number of hydrogen-bond donors (Lipinski definition) is 1. The molecule has 0 aromatic carbocycles. The minimum atomic E-state index is 0.303. The van der Waals surface area contributed by atoms with Crippen LogP contribution in [-0.2, 0) is 4.79 Å². The molecule has 0 atom stereocenters. The molecule has 0 saturated carbocycles. The van der Waals surface area contributed by atoms with Crippen LogP contribution in [0.15, 0.2) is 12.7 Å². The molecule has 0 rings (SSSR count). The summed E-state index contributed by atoms with van der Waals surface area (Å²) in [6, 6.07) is 0. The molecule has 0 aliphatic carbocycles.